The van der Waals surface area contributed by atoms with Crippen molar-refractivity contribution in [2.45, 2.75) is 71.1 Å². The van der Waals surface area contributed by atoms with Crippen molar-refractivity contribution in [3.63, 3.8) is 0 Å². The quantitative estimate of drug-likeness (QED) is 0.890. The molecule has 4 heteroatoms. The topological polar surface area (TPSA) is 41.6 Å². The van der Waals surface area contributed by atoms with Crippen LogP contribution < -0.4 is 10.2 Å². The van der Waals surface area contributed by atoms with Crippen molar-refractivity contribution in [1.29, 1.82) is 0 Å². The summed E-state index contributed by atoms with van der Waals surface area (Å²) in [7, 11) is 2.18. The van der Waals surface area contributed by atoms with E-state index in [0.29, 0.717) is 12.6 Å². The lowest BCUT2D eigenvalue weighted by Crippen LogP contribution is -2.33. The largest absolute Gasteiger partial charge is 0.444 e. The molecule has 0 heterocycles. The molecule has 0 atom stereocenters. The summed E-state index contributed by atoms with van der Waals surface area (Å²) in [4.78, 5) is 14.1. The lowest BCUT2D eigenvalue weighted by atomic mass is 9.94. The van der Waals surface area contributed by atoms with Crippen LogP contribution in [0.5, 0.6) is 0 Å². The van der Waals surface area contributed by atoms with Crippen molar-refractivity contribution in [1.82, 2.24) is 5.32 Å². The summed E-state index contributed by atoms with van der Waals surface area (Å²) in [6, 6.07) is 9.03. The molecule has 1 aromatic rings. The van der Waals surface area contributed by atoms with Gasteiger partial charge < -0.3 is 15.0 Å². The van der Waals surface area contributed by atoms with Crippen molar-refractivity contribution < 1.29 is 9.53 Å². The highest BCUT2D eigenvalue weighted by Gasteiger charge is 2.19. The summed E-state index contributed by atoms with van der Waals surface area (Å²) in [5.41, 5.74) is 1.85. The Bertz CT molecular complexity index is 516. The minimum absolute atomic E-state index is 0.372. The molecule has 2 rings (SSSR count). The van der Waals surface area contributed by atoms with E-state index < -0.39 is 5.60 Å². The molecule has 1 fully saturated rings. The van der Waals surface area contributed by atoms with Gasteiger partial charge in [0.2, 0.25) is 0 Å². The first-order valence-corrected chi connectivity index (χ1v) is 8.64. The van der Waals surface area contributed by atoms with Gasteiger partial charge in [-0.05, 0) is 51.3 Å². The molecule has 0 aromatic heterocycles. The Hall–Kier alpha value is -1.71. The molecule has 4 nitrogen and oxygen atoms in total. The smallest absolute Gasteiger partial charge is 0.407 e. The molecule has 0 bridgehead atoms. The molecule has 0 spiro atoms. The second kappa shape index (κ2) is 7.71. The van der Waals surface area contributed by atoms with E-state index in [1.807, 2.05) is 26.8 Å². The van der Waals surface area contributed by atoms with Crippen molar-refractivity contribution in [3.05, 3.63) is 29.8 Å². The van der Waals surface area contributed by atoms with Crippen molar-refractivity contribution in [3.8, 4) is 0 Å². The second-order valence-corrected chi connectivity index (χ2v) is 7.43. The Morgan fingerprint density at radius 3 is 2.61 bits per heavy atom. The van der Waals surface area contributed by atoms with Gasteiger partial charge in [-0.25, -0.2) is 4.79 Å². The fourth-order valence-corrected chi connectivity index (χ4v) is 3.05. The standard InChI is InChI=1S/C19H30N2O2/c1-19(2,3)23-18(22)20-14-15-9-8-12-17(13-15)21(4)16-10-6-5-7-11-16/h8-9,12-13,16H,5-7,10-11,14H2,1-4H3,(H,20,22). The zero-order valence-electron chi connectivity index (χ0n) is 14.9. The lowest BCUT2D eigenvalue weighted by molar-refractivity contribution is 0.0523. The Kier molecular flexibility index (Phi) is 5.91. The lowest BCUT2D eigenvalue weighted by Gasteiger charge is -2.33. The van der Waals surface area contributed by atoms with Crippen molar-refractivity contribution in [2.24, 2.45) is 0 Å². The fraction of sp³-hybridized carbons (Fsp3) is 0.632. The van der Waals surface area contributed by atoms with Gasteiger partial charge in [0.15, 0.2) is 0 Å². The van der Waals surface area contributed by atoms with Crippen LogP contribution in [0.3, 0.4) is 0 Å². The van der Waals surface area contributed by atoms with E-state index >= 15 is 0 Å². The summed E-state index contributed by atoms with van der Waals surface area (Å²) < 4.78 is 5.27. The first kappa shape index (κ1) is 17.6. The Balaban J connectivity index is 1.92. The molecule has 1 N–H and O–H groups in total. The fourth-order valence-electron chi connectivity index (χ4n) is 3.05. The molecule has 1 aliphatic rings. The number of nitrogens with zero attached hydrogens (tertiary/aromatic N) is 1. The molecule has 0 radical (unpaired) electrons. The van der Waals surface area contributed by atoms with Crippen LogP contribution in [-0.4, -0.2) is 24.8 Å². The van der Waals surface area contributed by atoms with E-state index in [2.05, 4.69) is 35.5 Å². The van der Waals surface area contributed by atoms with Crippen LogP contribution >= 0.6 is 0 Å². The van der Waals surface area contributed by atoms with E-state index in [9.17, 15) is 4.79 Å². The van der Waals surface area contributed by atoms with Gasteiger partial charge in [-0.1, -0.05) is 31.4 Å². The van der Waals surface area contributed by atoms with Gasteiger partial charge in [0, 0.05) is 25.3 Å². The van der Waals surface area contributed by atoms with E-state index in [0.717, 1.165) is 5.56 Å². The minimum Gasteiger partial charge on any atom is -0.444 e. The summed E-state index contributed by atoms with van der Waals surface area (Å²) in [5, 5.41) is 2.82. The van der Waals surface area contributed by atoms with Crippen LogP contribution in [0.1, 0.15) is 58.4 Å². The average molecular weight is 318 g/mol. The van der Waals surface area contributed by atoms with Crippen LogP contribution in [0.15, 0.2) is 24.3 Å². The highest BCUT2D eigenvalue weighted by molar-refractivity contribution is 5.67. The maximum Gasteiger partial charge on any atom is 0.407 e. The Morgan fingerprint density at radius 2 is 1.96 bits per heavy atom. The van der Waals surface area contributed by atoms with Crippen molar-refractivity contribution in [2.75, 3.05) is 11.9 Å². The molecule has 23 heavy (non-hydrogen) atoms. The van der Waals surface area contributed by atoms with Gasteiger partial charge in [0.1, 0.15) is 5.60 Å². The summed E-state index contributed by atoms with van der Waals surface area (Å²) in [6.45, 7) is 6.09. The molecule has 0 saturated heterocycles. The first-order valence-electron chi connectivity index (χ1n) is 8.64. The van der Waals surface area contributed by atoms with Crippen LogP contribution in [0, 0.1) is 0 Å². The average Bonchev–Trinajstić information content (AvgIpc) is 2.52. The van der Waals surface area contributed by atoms with Crippen LogP contribution in [0.2, 0.25) is 0 Å². The zero-order chi connectivity index (χ0) is 16.9. The summed E-state index contributed by atoms with van der Waals surface area (Å²) >= 11 is 0. The monoisotopic (exact) mass is 318 g/mol. The molecule has 0 aliphatic heterocycles. The number of ether oxygens (including phenoxy) is 1. The van der Waals surface area contributed by atoms with E-state index in [4.69, 9.17) is 4.74 Å². The molecule has 1 saturated carbocycles. The molecule has 0 unspecified atom stereocenters. The molecular weight excluding hydrogens is 288 g/mol. The zero-order valence-corrected chi connectivity index (χ0v) is 14.9. The SMILES string of the molecule is CN(c1cccc(CNC(=O)OC(C)(C)C)c1)C1CCCCC1. The van der Waals surface area contributed by atoms with Crippen LogP contribution in [0.25, 0.3) is 0 Å². The maximum absolute atomic E-state index is 11.8. The summed E-state index contributed by atoms with van der Waals surface area (Å²) in [6.07, 6.45) is 6.20. The second-order valence-electron chi connectivity index (χ2n) is 7.43. The van der Waals surface area contributed by atoms with Gasteiger partial charge in [-0.15, -0.1) is 0 Å². The van der Waals surface area contributed by atoms with Gasteiger partial charge in [0.25, 0.3) is 0 Å². The third-order valence-corrected chi connectivity index (χ3v) is 4.28. The number of carbonyl (C=O) groups is 1. The van der Waals surface area contributed by atoms with Crippen LogP contribution in [0.4, 0.5) is 10.5 Å². The number of hydrogen-bond donors (Lipinski definition) is 1. The van der Waals surface area contributed by atoms with Gasteiger partial charge in [-0.2, -0.15) is 0 Å². The van der Waals surface area contributed by atoms with Gasteiger partial charge >= 0.3 is 6.09 Å². The summed E-state index contributed by atoms with van der Waals surface area (Å²) in [5.74, 6) is 0. The van der Waals surface area contributed by atoms with E-state index in [1.165, 1.54) is 37.8 Å². The molecule has 128 valence electrons. The number of hydrogen-bond acceptors (Lipinski definition) is 3. The van der Waals surface area contributed by atoms with Gasteiger partial charge in [-0.3, -0.25) is 0 Å². The predicted molar refractivity (Wildman–Crippen MR) is 94.8 cm³/mol. The molecule has 1 aromatic carbocycles. The van der Waals surface area contributed by atoms with Crippen LogP contribution in [-0.2, 0) is 11.3 Å². The number of carbonyl (C=O) groups excluding carboxylic acids is 1. The molecule has 1 amide bonds. The number of rotatable bonds is 4. The molecular formula is C19H30N2O2. The Labute approximate surface area is 140 Å². The van der Waals surface area contributed by atoms with Gasteiger partial charge in [0.05, 0.1) is 0 Å². The van der Waals surface area contributed by atoms with Crippen molar-refractivity contribution >= 4 is 11.8 Å². The predicted octanol–water partition coefficient (Wildman–Crippen LogP) is 4.48. The maximum atomic E-state index is 11.8. The van der Waals surface area contributed by atoms with E-state index in [-0.39, 0.29) is 6.09 Å². The number of alkyl carbamates (subject to hydrolysis) is 1. The number of anilines is 1. The normalized spacial score (nSPS) is 16.0. The third-order valence-electron chi connectivity index (χ3n) is 4.28. The molecule has 1 aliphatic carbocycles. The first-order chi connectivity index (χ1) is 10.8. The minimum atomic E-state index is -0.465. The third kappa shape index (κ3) is 5.77. The number of nitrogens with one attached hydrogen (secondary N) is 1. The number of benzene rings is 1. The van der Waals surface area contributed by atoms with E-state index in [1.54, 1.807) is 0 Å². The highest BCUT2D eigenvalue weighted by Crippen LogP contribution is 2.26. The Morgan fingerprint density at radius 1 is 1.26 bits per heavy atom. The number of amides is 1. The highest BCUT2D eigenvalue weighted by atomic mass is 16.6.